The van der Waals surface area contributed by atoms with Crippen molar-refractivity contribution in [3.8, 4) is 0 Å². The van der Waals surface area contributed by atoms with Crippen molar-refractivity contribution < 1.29 is 5.11 Å². The number of rotatable bonds is 1. The zero-order valence-electron chi connectivity index (χ0n) is 6.90. The van der Waals surface area contributed by atoms with Crippen molar-refractivity contribution in [1.29, 1.82) is 0 Å². The monoisotopic (exact) mass is 167 g/mol. The summed E-state index contributed by atoms with van der Waals surface area (Å²) in [6, 6.07) is 0. The fourth-order valence-corrected chi connectivity index (χ4v) is 1.57. The number of hydrogen-bond acceptors (Lipinski definition) is 3. The van der Waals surface area contributed by atoms with Gasteiger partial charge in [0.1, 0.15) is 5.82 Å². The highest BCUT2D eigenvalue weighted by atomic mass is 16.3. The van der Waals surface area contributed by atoms with E-state index in [1.807, 2.05) is 6.20 Å². The molecule has 1 aliphatic rings. The van der Waals surface area contributed by atoms with Crippen LogP contribution in [0.3, 0.4) is 0 Å². The molecule has 3 N–H and O–H groups in total. The molecule has 0 fully saturated rings. The minimum absolute atomic E-state index is 0.217. The van der Waals surface area contributed by atoms with E-state index in [1.165, 1.54) is 0 Å². The van der Waals surface area contributed by atoms with Crippen LogP contribution in [0.25, 0.3) is 0 Å². The van der Waals surface area contributed by atoms with Gasteiger partial charge in [-0.15, -0.1) is 0 Å². The second-order valence-electron chi connectivity index (χ2n) is 3.19. The lowest BCUT2D eigenvalue weighted by molar-refractivity contribution is 0.141. The van der Waals surface area contributed by atoms with E-state index in [2.05, 4.69) is 9.55 Å². The number of aromatic nitrogens is 2. The molecule has 2 rings (SSSR count). The molecule has 2 heterocycles. The lowest BCUT2D eigenvalue weighted by atomic mass is 10.1. The van der Waals surface area contributed by atoms with Gasteiger partial charge in [-0.05, 0) is 6.42 Å². The average molecular weight is 167 g/mol. The van der Waals surface area contributed by atoms with Gasteiger partial charge in [0.05, 0.1) is 11.8 Å². The molecular weight excluding hydrogens is 154 g/mol. The molecule has 0 radical (unpaired) electrons. The van der Waals surface area contributed by atoms with Crippen LogP contribution in [0.15, 0.2) is 6.20 Å². The Labute approximate surface area is 71.0 Å². The molecule has 0 aliphatic carbocycles. The Bertz CT molecular complexity index is 282. The van der Waals surface area contributed by atoms with E-state index in [1.54, 1.807) is 0 Å². The maximum absolute atomic E-state index is 9.35. The maximum atomic E-state index is 9.35. The van der Waals surface area contributed by atoms with Gasteiger partial charge >= 0.3 is 0 Å². The summed E-state index contributed by atoms with van der Waals surface area (Å²) in [6.07, 6.45) is 3.25. The molecule has 0 aromatic carbocycles. The van der Waals surface area contributed by atoms with E-state index < -0.39 is 0 Å². The molecule has 0 saturated heterocycles. The quantitative estimate of drug-likeness (QED) is 0.601. The number of imidazole rings is 1. The summed E-state index contributed by atoms with van der Waals surface area (Å²) >= 11 is 0. The van der Waals surface area contributed by atoms with Gasteiger partial charge in [0.25, 0.3) is 0 Å². The molecule has 0 saturated carbocycles. The van der Waals surface area contributed by atoms with Crippen molar-refractivity contribution in [2.45, 2.75) is 32.0 Å². The summed E-state index contributed by atoms with van der Waals surface area (Å²) in [7, 11) is 0. The molecule has 0 spiro atoms. The van der Waals surface area contributed by atoms with E-state index in [0.29, 0.717) is 13.0 Å². The van der Waals surface area contributed by atoms with Crippen LogP contribution in [-0.4, -0.2) is 20.8 Å². The Hall–Kier alpha value is -0.870. The Morgan fingerprint density at radius 3 is 3.33 bits per heavy atom. The number of aliphatic hydroxyl groups excluding tert-OH is 1. The van der Waals surface area contributed by atoms with Crippen LogP contribution >= 0.6 is 0 Å². The molecular formula is C8H13N3O. The highest BCUT2D eigenvalue weighted by Crippen LogP contribution is 2.14. The minimum atomic E-state index is -0.217. The van der Waals surface area contributed by atoms with Crippen molar-refractivity contribution in [3.05, 3.63) is 17.7 Å². The summed E-state index contributed by atoms with van der Waals surface area (Å²) < 4.78 is 2.08. The molecule has 1 aromatic heterocycles. The zero-order valence-corrected chi connectivity index (χ0v) is 6.90. The smallest absolute Gasteiger partial charge is 0.111 e. The van der Waals surface area contributed by atoms with Gasteiger partial charge in [-0.3, -0.25) is 0 Å². The Kier molecular flexibility index (Phi) is 1.86. The highest BCUT2D eigenvalue weighted by molar-refractivity contribution is 5.06. The molecule has 12 heavy (non-hydrogen) atoms. The Balaban J connectivity index is 2.28. The summed E-state index contributed by atoms with van der Waals surface area (Å²) in [4.78, 5) is 4.30. The number of hydrogen-bond donors (Lipinski definition) is 2. The van der Waals surface area contributed by atoms with Gasteiger partial charge < -0.3 is 15.4 Å². The van der Waals surface area contributed by atoms with Gasteiger partial charge in [-0.1, -0.05) is 0 Å². The van der Waals surface area contributed by atoms with Gasteiger partial charge in [0, 0.05) is 25.7 Å². The number of fused-ring (bicyclic) bond motifs is 1. The van der Waals surface area contributed by atoms with Crippen molar-refractivity contribution in [2.75, 3.05) is 0 Å². The van der Waals surface area contributed by atoms with Gasteiger partial charge in [-0.2, -0.15) is 0 Å². The van der Waals surface area contributed by atoms with Crippen molar-refractivity contribution in [1.82, 2.24) is 9.55 Å². The highest BCUT2D eigenvalue weighted by Gasteiger charge is 2.17. The summed E-state index contributed by atoms with van der Waals surface area (Å²) in [5.74, 6) is 0.967. The molecule has 1 atom stereocenters. The summed E-state index contributed by atoms with van der Waals surface area (Å²) in [5, 5.41) is 9.35. The fraction of sp³-hybridized carbons (Fsp3) is 0.625. The predicted molar refractivity (Wildman–Crippen MR) is 44.4 cm³/mol. The lowest BCUT2D eigenvalue weighted by Crippen LogP contribution is -2.22. The molecule has 4 heteroatoms. The van der Waals surface area contributed by atoms with E-state index in [4.69, 9.17) is 5.73 Å². The average Bonchev–Trinajstić information content (AvgIpc) is 2.46. The number of aliphatic hydroxyl groups is 1. The molecule has 0 amide bonds. The first kappa shape index (κ1) is 7.76. The first-order chi connectivity index (χ1) is 5.79. The maximum Gasteiger partial charge on any atom is 0.111 e. The second-order valence-corrected chi connectivity index (χ2v) is 3.19. The Morgan fingerprint density at radius 2 is 2.58 bits per heavy atom. The molecule has 66 valence electrons. The van der Waals surface area contributed by atoms with Crippen LogP contribution in [0.4, 0.5) is 0 Å². The first-order valence-electron chi connectivity index (χ1n) is 4.22. The third-order valence-electron chi connectivity index (χ3n) is 2.24. The van der Waals surface area contributed by atoms with E-state index in [-0.39, 0.29) is 6.10 Å². The van der Waals surface area contributed by atoms with Crippen molar-refractivity contribution >= 4 is 0 Å². The molecule has 1 unspecified atom stereocenters. The first-order valence-corrected chi connectivity index (χ1v) is 4.22. The standard InChI is InChI=1S/C8H13N3O/c9-4-6-5-11-2-1-7(12)3-8(11)10-6/h5,7,12H,1-4,9H2. The van der Waals surface area contributed by atoms with Gasteiger partial charge in [-0.25, -0.2) is 4.98 Å². The van der Waals surface area contributed by atoms with Crippen LogP contribution in [0.2, 0.25) is 0 Å². The predicted octanol–water partition coefficient (Wildman–Crippen LogP) is -0.351. The third-order valence-corrected chi connectivity index (χ3v) is 2.24. The van der Waals surface area contributed by atoms with E-state index in [9.17, 15) is 5.11 Å². The second kappa shape index (κ2) is 2.88. The SMILES string of the molecule is NCc1cn2c(n1)CC(O)CC2. The lowest BCUT2D eigenvalue weighted by Gasteiger charge is -2.18. The molecule has 0 bridgehead atoms. The third kappa shape index (κ3) is 1.23. The summed E-state index contributed by atoms with van der Waals surface area (Å²) in [6.45, 7) is 1.35. The van der Waals surface area contributed by atoms with Crippen LogP contribution in [-0.2, 0) is 19.5 Å². The van der Waals surface area contributed by atoms with Crippen LogP contribution in [0.5, 0.6) is 0 Å². The minimum Gasteiger partial charge on any atom is -0.393 e. The topological polar surface area (TPSA) is 64.1 Å². The molecule has 1 aliphatic heterocycles. The zero-order chi connectivity index (χ0) is 8.55. The number of nitrogens with two attached hydrogens (primary N) is 1. The van der Waals surface area contributed by atoms with E-state index in [0.717, 1.165) is 24.5 Å². The van der Waals surface area contributed by atoms with Crippen LogP contribution < -0.4 is 5.73 Å². The fourth-order valence-electron chi connectivity index (χ4n) is 1.57. The molecule has 4 nitrogen and oxygen atoms in total. The van der Waals surface area contributed by atoms with Crippen molar-refractivity contribution in [3.63, 3.8) is 0 Å². The number of aryl methyl sites for hydroxylation is 1. The van der Waals surface area contributed by atoms with Crippen LogP contribution in [0, 0.1) is 0 Å². The van der Waals surface area contributed by atoms with Gasteiger partial charge in [0.15, 0.2) is 0 Å². The Morgan fingerprint density at radius 1 is 1.75 bits per heavy atom. The van der Waals surface area contributed by atoms with Gasteiger partial charge in [0.2, 0.25) is 0 Å². The van der Waals surface area contributed by atoms with Crippen molar-refractivity contribution in [2.24, 2.45) is 5.73 Å². The van der Waals surface area contributed by atoms with Crippen LogP contribution in [0.1, 0.15) is 17.9 Å². The normalized spacial score (nSPS) is 22.3. The summed E-state index contributed by atoms with van der Waals surface area (Å²) in [5.41, 5.74) is 6.37. The number of nitrogens with zero attached hydrogens (tertiary/aromatic N) is 2. The largest absolute Gasteiger partial charge is 0.393 e. The molecule has 1 aromatic rings. The van der Waals surface area contributed by atoms with E-state index >= 15 is 0 Å².